The van der Waals surface area contributed by atoms with Crippen LogP contribution in [0.25, 0.3) is 0 Å². The van der Waals surface area contributed by atoms with Crippen molar-refractivity contribution in [2.45, 2.75) is 0 Å². The zero-order valence-electron chi connectivity index (χ0n) is 11.1. The van der Waals surface area contributed by atoms with Crippen molar-refractivity contribution in [1.82, 2.24) is 0 Å². The number of para-hydroxylation sites is 1. The van der Waals surface area contributed by atoms with Crippen molar-refractivity contribution in [3.05, 3.63) is 63.6 Å². The van der Waals surface area contributed by atoms with Crippen molar-refractivity contribution >= 4 is 52.0 Å². The largest absolute Gasteiger partial charge is 0.389 e. The van der Waals surface area contributed by atoms with E-state index < -0.39 is 0 Å². The molecule has 2 aromatic rings. The Morgan fingerprint density at radius 2 is 1.81 bits per heavy atom. The fourth-order valence-corrected chi connectivity index (χ4v) is 2.59. The van der Waals surface area contributed by atoms with Gasteiger partial charge in [0.15, 0.2) is 0 Å². The van der Waals surface area contributed by atoms with Gasteiger partial charge in [-0.15, -0.1) is 0 Å². The maximum Gasteiger partial charge on any atom is 0.259 e. The van der Waals surface area contributed by atoms with Crippen LogP contribution in [0.4, 0.5) is 5.69 Å². The van der Waals surface area contributed by atoms with Crippen molar-refractivity contribution < 1.29 is 4.79 Å². The van der Waals surface area contributed by atoms with Crippen molar-refractivity contribution in [2.24, 2.45) is 5.73 Å². The molecule has 6 heteroatoms. The minimum absolute atomic E-state index is 0.229. The van der Waals surface area contributed by atoms with Gasteiger partial charge in [0, 0.05) is 17.6 Å². The molecule has 0 unspecified atom stereocenters. The molecule has 0 fully saturated rings. The topological polar surface area (TPSA) is 46.3 Å². The Hall–Kier alpha value is -1.62. The minimum atomic E-state index is -0.264. The van der Waals surface area contributed by atoms with Gasteiger partial charge in [-0.3, -0.25) is 4.79 Å². The fraction of sp³-hybridized carbons (Fsp3) is 0.0667. The van der Waals surface area contributed by atoms with Crippen LogP contribution in [-0.2, 0) is 0 Å². The van der Waals surface area contributed by atoms with E-state index in [2.05, 4.69) is 0 Å². The van der Waals surface area contributed by atoms with Crippen LogP contribution >= 0.6 is 35.4 Å². The number of hydrogen-bond donors (Lipinski definition) is 1. The summed E-state index contributed by atoms with van der Waals surface area (Å²) in [5.74, 6) is -0.264. The summed E-state index contributed by atoms with van der Waals surface area (Å²) in [5.41, 5.74) is 7.31. The summed E-state index contributed by atoms with van der Waals surface area (Å²) < 4.78 is 0. The van der Waals surface area contributed by atoms with Gasteiger partial charge in [-0.1, -0.05) is 47.6 Å². The van der Waals surface area contributed by atoms with Crippen molar-refractivity contribution in [3.8, 4) is 0 Å². The predicted octanol–water partition coefficient (Wildman–Crippen LogP) is 3.90. The number of rotatable bonds is 3. The van der Waals surface area contributed by atoms with E-state index in [4.69, 9.17) is 41.2 Å². The van der Waals surface area contributed by atoms with E-state index in [0.717, 1.165) is 0 Å². The Bertz CT molecular complexity index is 719. The second-order valence-corrected chi connectivity index (χ2v) is 5.65. The van der Waals surface area contributed by atoms with Crippen LogP contribution in [0.5, 0.6) is 0 Å². The van der Waals surface area contributed by atoms with Crippen LogP contribution < -0.4 is 10.6 Å². The van der Waals surface area contributed by atoms with E-state index >= 15 is 0 Å². The lowest BCUT2D eigenvalue weighted by Gasteiger charge is -2.21. The number of benzene rings is 2. The zero-order chi connectivity index (χ0) is 15.6. The van der Waals surface area contributed by atoms with Gasteiger partial charge in [-0.05, 0) is 30.3 Å². The van der Waals surface area contributed by atoms with E-state index in [1.54, 1.807) is 31.3 Å². The molecule has 3 nitrogen and oxygen atoms in total. The van der Waals surface area contributed by atoms with E-state index in [9.17, 15) is 4.79 Å². The number of hydrogen-bond acceptors (Lipinski definition) is 2. The van der Waals surface area contributed by atoms with Crippen LogP contribution in [0.2, 0.25) is 10.0 Å². The molecule has 0 saturated heterocycles. The van der Waals surface area contributed by atoms with Crippen LogP contribution in [0.15, 0.2) is 42.5 Å². The van der Waals surface area contributed by atoms with Gasteiger partial charge in [-0.25, -0.2) is 0 Å². The van der Waals surface area contributed by atoms with Crippen LogP contribution in [-0.4, -0.2) is 17.9 Å². The standard InChI is InChI=1S/C15H12Cl2N2OS/c1-19(13-5-3-2-4-11(13)14(18)21)15(20)10-7-6-9(16)8-12(10)17/h2-8H,1H3,(H2,18,21). The molecule has 0 aliphatic rings. The molecule has 0 heterocycles. The van der Waals surface area contributed by atoms with Gasteiger partial charge in [-0.2, -0.15) is 0 Å². The lowest BCUT2D eigenvalue weighted by atomic mass is 10.1. The highest BCUT2D eigenvalue weighted by atomic mass is 35.5. The summed E-state index contributed by atoms with van der Waals surface area (Å²) in [6.45, 7) is 0. The molecule has 0 spiro atoms. The number of anilines is 1. The number of carbonyl (C=O) groups excluding carboxylic acids is 1. The summed E-state index contributed by atoms with van der Waals surface area (Å²) in [7, 11) is 1.64. The highest BCUT2D eigenvalue weighted by Crippen LogP contribution is 2.25. The molecular formula is C15H12Cl2N2OS. The van der Waals surface area contributed by atoms with Gasteiger partial charge in [0.1, 0.15) is 4.99 Å². The third kappa shape index (κ3) is 3.35. The maximum atomic E-state index is 12.6. The summed E-state index contributed by atoms with van der Waals surface area (Å²) in [6, 6.07) is 11.9. The molecule has 0 saturated carbocycles. The van der Waals surface area contributed by atoms with Gasteiger partial charge in [0.2, 0.25) is 0 Å². The summed E-state index contributed by atoms with van der Waals surface area (Å²) >= 11 is 16.9. The van der Waals surface area contributed by atoms with Gasteiger partial charge in [0.05, 0.1) is 16.3 Å². The fourth-order valence-electron chi connectivity index (χ4n) is 1.93. The van der Waals surface area contributed by atoms with Crippen LogP contribution in [0.3, 0.4) is 0 Å². The van der Waals surface area contributed by atoms with E-state index in [-0.39, 0.29) is 10.9 Å². The van der Waals surface area contributed by atoms with E-state index in [1.807, 2.05) is 12.1 Å². The molecule has 108 valence electrons. The Morgan fingerprint density at radius 3 is 2.43 bits per heavy atom. The Morgan fingerprint density at radius 1 is 1.14 bits per heavy atom. The minimum Gasteiger partial charge on any atom is -0.389 e. The zero-order valence-corrected chi connectivity index (χ0v) is 13.5. The Labute approximate surface area is 138 Å². The lowest BCUT2D eigenvalue weighted by molar-refractivity contribution is 0.0993. The SMILES string of the molecule is CN(C(=O)c1ccc(Cl)cc1Cl)c1ccccc1C(N)=S. The number of nitrogens with two attached hydrogens (primary N) is 1. The lowest BCUT2D eigenvalue weighted by Crippen LogP contribution is -2.29. The number of thiocarbonyl (C=S) groups is 1. The van der Waals surface area contributed by atoms with Crippen molar-refractivity contribution in [1.29, 1.82) is 0 Å². The van der Waals surface area contributed by atoms with Crippen LogP contribution in [0, 0.1) is 0 Å². The number of carbonyl (C=O) groups is 1. The second-order valence-electron chi connectivity index (χ2n) is 4.37. The predicted molar refractivity (Wildman–Crippen MR) is 91.5 cm³/mol. The Kier molecular flexibility index (Phi) is 4.83. The van der Waals surface area contributed by atoms with Gasteiger partial charge in [0.25, 0.3) is 5.91 Å². The van der Waals surface area contributed by atoms with E-state index in [0.29, 0.717) is 26.9 Å². The molecule has 0 aliphatic heterocycles. The van der Waals surface area contributed by atoms with Gasteiger partial charge >= 0.3 is 0 Å². The number of halogens is 2. The third-order valence-electron chi connectivity index (χ3n) is 3.00. The highest BCUT2D eigenvalue weighted by molar-refractivity contribution is 7.80. The molecule has 2 N–H and O–H groups in total. The molecule has 0 aliphatic carbocycles. The Balaban J connectivity index is 2.42. The first-order chi connectivity index (χ1) is 9.91. The molecule has 2 aromatic carbocycles. The molecule has 0 radical (unpaired) electrons. The first-order valence-electron chi connectivity index (χ1n) is 6.03. The third-order valence-corrected chi connectivity index (χ3v) is 3.76. The maximum absolute atomic E-state index is 12.6. The van der Waals surface area contributed by atoms with Crippen LogP contribution in [0.1, 0.15) is 15.9 Å². The molecular weight excluding hydrogens is 327 g/mol. The first-order valence-corrected chi connectivity index (χ1v) is 7.20. The second kappa shape index (κ2) is 6.43. The molecule has 0 bridgehead atoms. The average Bonchev–Trinajstić information content (AvgIpc) is 2.45. The molecule has 0 atom stereocenters. The monoisotopic (exact) mass is 338 g/mol. The number of amides is 1. The summed E-state index contributed by atoms with van der Waals surface area (Å²) in [6.07, 6.45) is 0. The molecule has 0 aromatic heterocycles. The van der Waals surface area contributed by atoms with Gasteiger partial charge < -0.3 is 10.6 Å². The van der Waals surface area contributed by atoms with Crippen molar-refractivity contribution in [3.63, 3.8) is 0 Å². The first kappa shape index (κ1) is 15.8. The summed E-state index contributed by atoms with van der Waals surface area (Å²) in [4.78, 5) is 14.3. The number of nitrogens with zero attached hydrogens (tertiary/aromatic N) is 1. The average molecular weight is 339 g/mol. The highest BCUT2D eigenvalue weighted by Gasteiger charge is 2.19. The normalized spacial score (nSPS) is 10.2. The smallest absolute Gasteiger partial charge is 0.259 e. The van der Waals surface area contributed by atoms with E-state index in [1.165, 1.54) is 11.0 Å². The quantitative estimate of drug-likeness (QED) is 0.863. The molecule has 1 amide bonds. The summed E-state index contributed by atoms with van der Waals surface area (Å²) in [5, 5.41) is 0.773. The molecule has 2 rings (SSSR count). The molecule has 21 heavy (non-hydrogen) atoms. The van der Waals surface area contributed by atoms with Crippen molar-refractivity contribution in [2.75, 3.05) is 11.9 Å².